The van der Waals surface area contributed by atoms with Gasteiger partial charge in [0.2, 0.25) is 11.9 Å². The maximum Gasteiger partial charge on any atom is 0.226 e. The lowest BCUT2D eigenvalue weighted by atomic mass is 9.45. The minimum Gasteiger partial charge on any atom is -0.296 e. The van der Waals surface area contributed by atoms with Crippen LogP contribution < -0.4 is 5.32 Å². The number of fused-ring (bicyclic) bond motifs is 3. The summed E-state index contributed by atoms with van der Waals surface area (Å²) in [6.45, 7) is 4.77. The summed E-state index contributed by atoms with van der Waals surface area (Å²) in [6.07, 6.45) is 9.76. The monoisotopic (exact) mass is 352 g/mol. The van der Waals surface area contributed by atoms with E-state index in [0.29, 0.717) is 35.7 Å². The summed E-state index contributed by atoms with van der Waals surface area (Å²) in [6, 6.07) is 4.31. The molecule has 0 radical (unpaired) electrons. The van der Waals surface area contributed by atoms with Gasteiger partial charge in [-0.05, 0) is 73.8 Å². The fraction of sp³-hybridized carbons (Fsp3) is 0.667. The molecule has 0 aliphatic heterocycles. The Bertz CT molecular complexity index is 849. The molecule has 0 saturated heterocycles. The first-order chi connectivity index (χ1) is 12.5. The third kappa shape index (κ3) is 2.39. The number of carbonyl (C=O) groups is 1. The normalized spacial score (nSPS) is 29.8. The Labute approximate surface area is 154 Å². The number of imidazole rings is 1. The Morgan fingerprint density at radius 1 is 1.31 bits per heavy atom. The van der Waals surface area contributed by atoms with Crippen LogP contribution in [0.4, 0.5) is 5.95 Å². The van der Waals surface area contributed by atoms with Crippen LogP contribution in [-0.2, 0) is 4.79 Å². The van der Waals surface area contributed by atoms with Crippen molar-refractivity contribution >= 4 is 23.0 Å². The number of pyridine rings is 1. The molecule has 4 aliphatic rings. The van der Waals surface area contributed by atoms with Crippen molar-refractivity contribution in [2.24, 2.45) is 23.2 Å². The van der Waals surface area contributed by atoms with E-state index in [1.807, 2.05) is 18.3 Å². The van der Waals surface area contributed by atoms with Gasteiger partial charge in [0.05, 0.1) is 0 Å². The molecule has 2 bridgehead atoms. The van der Waals surface area contributed by atoms with Gasteiger partial charge in [0.15, 0.2) is 5.65 Å². The van der Waals surface area contributed by atoms with Crippen molar-refractivity contribution in [1.29, 1.82) is 0 Å². The zero-order valence-electron chi connectivity index (χ0n) is 15.7. The van der Waals surface area contributed by atoms with Crippen LogP contribution in [0.15, 0.2) is 18.3 Å². The highest BCUT2D eigenvalue weighted by atomic mass is 16.1. The van der Waals surface area contributed by atoms with E-state index in [4.69, 9.17) is 0 Å². The van der Waals surface area contributed by atoms with Crippen LogP contribution in [0.3, 0.4) is 0 Å². The van der Waals surface area contributed by atoms with Gasteiger partial charge in [-0.15, -0.1) is 0 Å². The number of nitrogens with one attached hydrogen (secondary N) is 1. The Morgan fingerprint density at radius 3 is 2.85 bits per heavy atom. The molecule has 26 heavy (non-hydrogen) atoms. The molecule has 4 saturated carbocycles. The molecule has 4 aliphatic carbocycles. The fourth-order valence-corrected chi connectivity index (χ4v) is 5.63. The van der Waals surface area contributed by atoms with Crippen molar-refractivity contribution in [3.8, 4) is 0 Å². The molecule has 2 aromatic heterocycles. The highest BCUT2D eigenvalue weighted by Crippen LogP contribution is 2.62. The fourth-order valence-electron chi connectivity index (χ4n) is 5.63. The van der Waals surface area contributed by atoms with Gasteiger partial charge < -0.3 is 0 Å². The Balaban J connectivity index is 1.35. The van der Waals surface area contributed by atoms with Crippen molar-refractivity contribution in [2.75, 3.05) is 5.32 Å². The second-order valence-corrected chi connectivity index (χ2v) is 9.19. The van der Waals surface area contributed by atoms with Crippen molar-refractivity contribution in [1.82, 2.24) is 14.5 Å². The molecule has 0 spiro atoms. The minimum absolute atomic E-state index is 0.118. The SMILES string of the molecule is CC1(C)[C@H]2CC[C@@H](CC(=O)Nc3nc4cccnc4n3C3CCC3)[C@@H]1C2. The zero-order valence-corrected chi connectivity index (χ0v) is 15.7. The van der Waals surface area contributed by atoms with Crippen molar-refractivity contribution in [3.05, 3.63) is 18.3 Å². The molecule has 1 amide bonds. The van der Waals surface area contributed by atoms with Crippen molar-refractivity contribution < 1.29 is 4.79 Å². The maximum atomic E-state index is 12.8. The Morgan fingerprint density at radius 2 is 2.15 bits per heavy atom. The second kappa shape index (κ2) is 5.80. The average molecular weight is 352 g/mol. The summed E-state index contributed by atoms with van der Waals surface area (Å²) in [5, 5.41) is 3.13. The summed E-state index contributed by atoms with van der Waals surface area (Å²) in [5.41, 5.74) is 2.19. The van der Waals surface area contributed by atoms with E-state index in [2.05, 4.69) is 33.7 Å². The molecular weight excluding hydrogens is 324 g/mol. The molecule has 6 rings (SSSR count). The van der Waals surface area contributed by atoms with Gasteiger partial charge in [0.1, 0.15) is 5.52 Å². The van der Waals surface area contributed by atoms with Crippen LogP contribution in [0.25, 0.3) is 11.2 Å². The average Bonchev–Trinajstić information content (AvgIpc) is 2.91. The van der Waals surface area contributed by atoms with Crippen LogP contribution in [0.1, 0.15) is 64.8 Å². The van der Waals surface area contributed by atoms with E-state index < -0.39 is 0 Å². The summed E-state index contributed by atoms with van der Waals surface area (Å²) < 4.78 is 2.15. The van der Waals surface area contributed by atoms with Crippen LogP contribution in [0.2, 0.25) is 0 Å². The largest absolute Gasteiger partial charge is 0.296 e. The first-order valence-corrected chi connectivity index (χ1v) is 10.2. The van der Waals surface area contributed by atoms with Gasteiger partial charge in [-0.25, -0.2) is 9.97 Å². The first kappa shape index (κ1) is 16.3. The van der Waals surface area contributed by atoms with Gasteiger partial charge in [-0.1, -0.05) is 13.8 Å². The molecule has 2 aromatic rings. The molecule has 5 nitrogen and oxygen atoms in total. The predicted octanol–water partition coefficient (Wildman–Crippen LogP) is 4.56. The lowest BCUT2D eigenvalue weighted by molar-refractivity contribution is -0.128. The molecule has 2 heterocycles. The number of nitrogens with zero attached hydrogens (tertiary/aromatic N) is 3. The zero-order chi connectivity index (χ0) is 17.9. The van der Waals surface area contributed by atoms with Crippen molar-refractivity contribution in [3.63, 3.8) is 0 Å². The van der Waals surface area contributed by atoms with E-state index in [1.54, 1.807) is 0 Å². The van der Waals surface area contributed by atoms with Gasteiger partial charge >= 0.3 is 0 Å². The third-order valence-electron chi connectivity index (χ3n) is 7.59. The predicted molar refractivity (Wildman–Crippen MR) is 102 cm³/mol. The van der Waals surface area contributed by atoms with Crippen LogP contribution in [0, 0.1) is 23.2 Å². The summed E-state index contributed by atoms with van der Waals surface area (Å²) >= 11 is 0. The molecule has 138 valence electrons. The standard InChI is InChI=1S/C21H28N4O/c1-21(2)14-9-8-13(16(21)12-14)11-18(26)24-20-23-17-7-4-10-22-19(17)25(20)15-5-3-6-15/h4,7,10,13-16H,3,5-6,8-9,11-12H2,1-2H3,(H,23,24,26)/t13-,14-,16-/m0/s1. The van der Waals surface area contributed by atoms with Gasteiger partial charge in [0, 0.05) is 18.7 Å². The van der Waals surface area contributed by atoms with Gasteiger partial charge in [-0.3, -0.25) is 14.7 Å². The van der Waals surface area contributed by atoms with E-state index >= 15 is 0 Å². The number of hydrogen-bond donors (Lipinski definition) is 1. The summed E-state index contributed by atoms with van der Waals surface area (Å²) in [7, 11) is 0. The highest BCUT2D eigenvalue weighted by Gasteiger charge is 2.54. The molecule has 0 aromatic carbocycles. The Hall–Kier alpha value is -1.91. The maximum absolute atomic E-state index is 12.8. The quantitative estimate of drug-likeness (QED) is 0.877. The molecule has 0 unspecified atom stereocenters. The second-order valence-electron chi connectivity index (χ2n) is 9.19. The number of hydrogen-bond acceptors (Lipinski definition) is 3. The number of anilines is 1. The molecular formula is C21H28N4O. The van der Waals surface area contributed by atoms with Crippen molar-refractivity contribution in [2.45, 2.75) is 64.8 Å². The van der Waals surface area contributed by atoms with E-state index in [1.165, 1.54) is 25.7 Å². The van der Waals surface area contributed by atoms with Crippen LogP contribution >= 0.6 is 0 Å². The molecule has 3 atom stereocenters. The van der Waals surface area contributed by atoms with E-state index in [-0.39, 0.29) is 5.91 Å². The smallest absolute Gasteiger partial charge is 0.226 e. The van der Waals surface area contributed by atoms with Crippen LogP contribution in [-0.4, -0.2) is 20.4 Å². The summed E-state index contributed by atoms with van der Waals surface area (Å²) in [4.78, 5) is 22.0. The highest BCUT2D eigenvalue weighted by molar-refractivity contribution is 5.91. The number of carbonyl (C=O) groups excluding carboxylic acids is 1. The minimum atomic E-state index is 0.118. The van der Waals surface area contributed by atoms with E-state index in [0.717, 1.165) is 29.9 Å². The third-order valence-corrected chi connectivity index (χ3v) is 7.59. The molecule has 5 heteroatoms. The molecule has 1 N–H and O–H groups in total. The Kier molecular flexibility index (Phi) is 3.63. The van der Waals surface area contributed by atoms with Crippen LogP contribution in [0.5, 0.6) is 0 Å². The molecule has 4 fully saturated rings. The van der Waals surface area contributed by atoms with Gasteiger partial charge in [-0.2, -0.15) is 0 Å². The number of aromatic nitrogens is 3. The number of amides is 1. The number of rotatable bonds is 4. The summed E-state index contributed by atoms with van der Waals surface area (Å²) in [5.74, 6) is 2.91. The lowest BCUT2D eigenvalue weighted by Gasteiger charge is -2.60. The van der Waals surface area contributed by atoms with Gasteiger partial charge in [0.25, 0.3) is 0 Å². The van der Waals surface area contributed by atoms with E-state index in [9.17, 15) is 4.79 Å². The topological polar surface area (TPSA) is 59.8 Å². The lowest BCUT2D eigenvalue weighted by Crippen LogP contribution is -2.52. The first-order valence-electron chi connectivity index (χ1n) is 10.2.